The second-order valence-electron chi connectivity index (χ2n) is 4.28. The molecular weight excluding hydrogens is 234 g/mol. The van der Waals surface area contributed by atoms with Crippen LogP contribution in [0.4, 0.5) is 0 Å². The molecule has 98 valence electrons. The van der Waals surface area contributed by atoms with Gasteiger partial charge in [0.2, 0.25) is 0 Å². The Balaban J connectivity index is 2.63. The number of carbonyl (C=O) groups is 2. The highest BCUT2D eigenvalue weighted by molar-refractivity contribution is 5.91. The molecule has 0 aliphatic rings. The molecule has 0 fully saturated rings. The summed E-state index contributed by atoms with van der Waals surface area (Å²) in [5.74, 6) is -0.285. The van der Waals surface area contributed by atoms with Crippen molar-refractivity contribution in [2.24, 2.45) is 11.7 Å². The van der Waals surface area contributed by atoms with Crippen LogP contribution in [0.1, 0.15) is 24.2 Å². The number of nitrogens with two attached hydrogens (primary N) is 1. The maximum atomic E-state index is 11.6. The van der Waals surface area contributed by atoms with E-state index in [0.29, 0.717) is 23.8 Å². The minimum Gasteiger partial charge on any atom is -0.493 e. The lowest BCUT2D eigenvalue weighted by Gasteiger charge is -2.09. The van der Waals surface area contributed by atoms with Gasteiger partial charge in [0, 0.05) is 0 Å². The summed E-state index contributed by atoms with van der Waals surface area (Å²) < 4.78 is 10.2. The topological polar surface area (TPSA) is 78.6 Å². The minimum absolute atomic E-state index is 0.331. The largest absolute Gasteiger partial charge is 0.493 e. The molecule has 0 saturated carbocycles. The van der Waals surface area contributed by atoms with Crippen LogP contribution in [0.5, 0.6) is 5.75 Å². The van der Waals surface area contributed by atoms with Crippen molar-refractivity contribution in [3.63, 3.8) is 0 Å². The molecular formula is C13H17NO4. The van der Waals surface area contributed by atoms with Gasteiger partial charge in [-0.15, -0.1) is 0 Å². The maximum absolute atomic E-state index is 11.6. The lowest BCUT2D eigenvalue weighted by Crippen LogP contribution is -2.20. The molecule has 0 atom stereocenters. The van der Waals surface area contributed by atoms with Crippen LogP contribution >= 0.6 is 0 Å². The molecule has 1 aromatic carbocycles. The smallest absolute Gasteiger partial charge is 0.338 e. The van der Waals surface area contributed by atoms with Gasteiger partial charge in [0.05, 0.1) is 12.2 Å². The molecule has 0 aliphatic carbocycles. The molecule has 0 unspecified atom stereocenters. The van der Waals surface area contributed by atoms with Crippen LogP contribution in [-0.4, -0.2) is 25.1 Å². The average Bonchev–Trinajstić information content (AvgIpc) is 2.33. The molecule has 0 heterocycles. The van der Waals surface area contributed by atoms with E-state index in [1.54, 1.807) is 24.3 Å². The fraction of sp³-hybridized carbons (Fsp3) is 0.385. The summed E-state index contributed by atoms with van der Waals surface area (Å²) in [6.45, 7) is 4.21. The quantitative estimate of drug-likeness (QED) is 0.774. The van der Waals surface area contributed by atoms with Gasteiger partial charge in [0.1, 0.15) is 5.75 Å². The Hall–Kier alpha value is -2.04. The highest BCUT2D eigenvalue weighted by Gasteiger charge is 2.09. The number of amides is 1. The molecule has 1 rings (SSSR count). The summed E-state index contributed by atoms with van der Waals surface area (Å²) in [4.78, 5) is 22.1. The number of esters is 1. The SMILES string of the molecule is CC(C)COc1cccc(C(=O)OCC(N)=O)c1. The number of carbonyl (C=O) groups excluding carboxylic acids is 2. The van der Waals surface area contributed by atoms with Crippen molar-refractivity contribution < 1.29 is 19.1 Å². The first-order valence-electron chi connectivity index (χ1n) is 5.67. The third kappa shape index (κ3) is 4.86. The third-order valence-corrected chi connectivity index (χ3v) is 2.00. The minimum atomic E-state index is -0.685. The standard InChI is InChI=1S/C13H17NO4/c1-9(2)7-17-11-5-3-4-10(6-11)13(16)18-8-12(14)15/h3-6,9H,7-8H2,1-2H3,(H2,14,15). The maximum Gasteiger partial charge on any atom is 0.338 e. The van der Waals surface area contributed by atoms with E-state index >= 15 is 0 Å². The number of hydrogen-bond acceptors (Lipinski definition) is 4. The Kier molecular flexibility index (Phi) is 5.17. The molecule has 0 spiro atoms. The number of rotatable bonds is 6. The van der Waals surface area contributed by atoms with Crippen molar-refractivity contribution in [2.45, 2.75) is 13.8 Å². The van der Waals surface area contributed by atoms with Gasteiger partial charge in [-0.05, 0) is 24.1 Å². The van der Waals surface area contributed by atoms with E-state index in [4.69, 9.17) is 15.2 Å². The summed E-state index contributed by atoms with van der Waals surface area (Å²) in [5.41, 5.74) is 5.22. The molecule has 5 nitrogen and oxygen atoms in total. The van der Waals surface area contributed by atoms with Crippen molar-refractivity contribution in [3.8, 4) is 5.75 Å². The Labute approximate surface area is 106 Å². The summed E-state index contributed by atoms with van der Waals surface area (Å²) in [5, 5.41) is 0. The van der Waals surface area contributed by atoms with Gasteiger partial charge in [-0.1, -0.05) is 19.9 Å². The van der Waals surface area contributed by atoms with E-state index in [0.717, 1.165) is 0 Å². The zero-order valence-electron chi connectivity index (χ0n) is 10.5. The molecule has 0 bridgehead atoms. The predicted molar refractivity (Wildman–Crippen MR) is 66.3 cm³/mol. The first-order chi connectivity index (χ1) is 8.49. The third-order valence-electron chi connectivity index (χ3n) is 2.00. The Morgan fingerprint density at radius 2 is 2.06 bits per heavy atom. The van der Waals surface area contributed by atoms with Gasteiger partial charge in [-0.25, -0.2) is 4.79 Å². The lowest BCUT2D eigenvalue weighted by atomic mass is 10.2. The molecule has 18 heavy (non-hydrogen) atoms. The second-order valence-corrected chi connectivity index (χ2v) is 4.28. The fourth-order valence-electron chi connectivity index (χ4n) is 1.20. The van der Waals surface area contributed by atoms with Gasteiger partial charge >= 0.3 is 5.97 Å². The molecule has 0 aromatic heterocycles. The fourth-order valence-corrected chi connectivity index (χ4v) is 1.20. The van der Waals surface area contributed by atoms with Crippen molar-refractivity contribution in [2.75, 3.05) is 13.2 Å². The van der Waals surface area contributed by atoms with Crippen molar-refractivity contribution in [3.05, 3.63) is 29.8 Å². The van der Waals surface area contributed by atoms with Crippen LogP contribution in [-0.2, 0) is 9.53 Å². The van der Waals surface area contributed by atoms with E-state index in [1.807, 2.05) is 13.8 Å². The zero-order chi connectivity index (χ0) is 13.5. The van der Waals surface area contributed by atoms with Gasteiger partial charge in [-0.3, -0.25) is 4.79 Å². The number of hydrogen-bond donors (Lipinski definition) is 1. The van der Waals surface area contributed by atoms with Gasteiger partial charge < -0.3 is 15.2 Å². The van der Waals surface area contributed by atoms with Crippen LogP contribution in [0.15, 0.2) is 24.3 Å². The van der Waals surface area contributed by atoms with Gasteiger partial charge in [-0.2, -0.15) is 0 Å². The molecule has 1 aromatic rings. The lowest BCUT2D eigenvalue weighted by molar-refractivity contribution is -0.121. The Bertz CT molecular complexity index is 429. The highest BCUT2D eigenvalue weighted by atomic mass is 16.5. The van der Waals surface area contributed by atoms with Crippen molar-refractivity contribution in [1.82, 2.24) is 0 Å². The molecule has 1 amide bonds. The van der Waals surface area contributed by atoms with Crippen molar-refractivity contribution >= 4 is 11.9 Å². The van der Waals surface area contributed by atoms with E-state index in [2.05, 4.69) is 0 Å². The first-order valence-corrected chi connectivity index (χ1v) is 5.67. The monoisotopic (exact) mass is 251 g/mol. The normalized spacial score (nSPS) is 10.2. The van der Waals surface area contributed by atoms with Crippen LogP contribution in [0.2, 0.25) is 0 Å². The zero-order valence-corrected chi connectivity index (χ0v) is 10.5. The average molecular weight is 251 g/mol. The van der Waals surface area contributed by atoms with Crippen LogP contribution < -0.4 is 10.5 Å². The molecule has 0 saturated heterocycles. The van der Waals surface area contributed by atoms with Crippen LogP contribution in [0, 0.1) is 5.92 Å². The Morgan fingerprint density at radius 1 is 1.33 bits per heavy atom. The second kappa shape index (κ2) is 6.64. The van der Waals surface area contributed by atoms with Gasteiger partial charge in [0.15, 0.2) is 6.61 Å². The van der Waals surface area contributed by atoms with E-state index < -0.39 is 18.5 Å². The molecule has 0 aliphatic heterocycles. The first kappa shape index (κ1) is 14.0. The van der Waals surface area contributed by atoms with E-state index in [-0.39, 0.29) is 0 Å². The van der Waals surface area contributed by atoms with Crippen LogP contribution in [0.3, 0.4) is 0 Å². The van der Waals surface area contributed by atoms with E-state index in [9.17, 15) is 9.59 Å². The number of ether oxygens (including phenoxy) is 2. The molecule has 2 N–H and O–H groups in total. The predicted octanol–water partition coefficient (Wildman–Crippen LogP) is 1.36. The van der Waals surface area contributed by atoms with Crippen molar-refractivity contribution in [1.29, 1.82) is 0 Å². The molecule has 0 radical (unpaired) electrons. The van der Waals surface area contributed by atoms with Gasteiger partial charge in [0.25, 0.3) is 5.91 Å². The number of benzene rings is 1. The summed E-state index contributed by atoms with van der Waals surface area (Å²) in [6.07, 6.45) is 0. The highest BCUT2D eigenvalue weighted by Crippen LogP contribution is 2.15. The van der Waals surface area contributed by atoms with E-state index in [1.165, 1.54) is 0 Å². The summed E-state index contributed by atoms with van der Waals surface area (Å²) in [7, 11) is 0. The number of primary amides is 1. The summed E-state index contributed by atoms with van der Waals surface area (Å²) >= 11 is 0. The molecule has 5 heteroatoms. The summed E-state index contributed by atoms with van der Waals surface area (Å²) in [6, 6.07) is 6.61. The Morgan fingerprint density at radius 3 is 2.67 bits per heavy atom. The van der Waals surface area contributed by atoms with Crippen LogP contribution in [0.25, 0.3) is 0 Å².